The summed E-state index contributed by atoms with van der Waals surface area (Å²) < 4.78 is 16.0. The topological polar surface area (TPSA) is 60.0 Å². The van der Waals surface area contributed by atoms with Crippen LogP contribution in [0.5, 0.6) is 17.2 Å². The van der Waals surface area contributed by atoms with Crippen molar-refractivity contribution >= 4 is 29.3 Å². The average molecular weight is 350 g/mol. The second kappa shape index (κ2) is 8.01. The molecule has 1 heterocycles. The van der Waals surface area contributed by atoms with Gasteiger partial charge < -0.3 is 19.5 Å². The van der Waals surface area contributed by atoms with Gasteiger partial charge >= 0.3 is 0 Å². The fraction of sp³-hybridized carbons (Fsp3) is 0.412. The van der Waals surface area contributed by atoms with Crippen molar-refractivity contribution in [3.63, 3.8) is 0 Å². The number of nitrogens with one attached hydrogen (secondary N) is 1. The van der Waals surface area contributed by atoms with Crippen LogP contribution in [0.2, 0.25) is 0 Å². The molecule has 24 heavy (non-hydrogen) atoms. The van der Waals surface area contributed by atoms with Crippen LogP contribution in [0.1, 0.15) is 25.3 Å². The highest BCUT2D eigenvalue weighted by atomic mass is 32.1. The molecule has 0 bridgehead atoms. The number of amides is 1. The van der Waals surface area contributed by atoms with Gasteiger partial charge in [-0.05, 0) is 30.8 Å². The molecule has 0 aromatic heterocycles. The smallest absolute Gasteiger partial charge is 0.276 e. The number of unbranched alkanes of at least 4 members (excludes halogenated alkanes) is 1. The SMILES string of the molecule is CCCCN1C(=O)/C(=C\c2cc(OC)c(OC)cc2OC)NC1=S. The van der Waals surface area contributed by atoms with Crippen LogP contribution in [0.3, 0.4) is 0 Å². The van der Waals surface area contributed by atoms with Crippen molar-refractivity contribution in [1.29, 1.82) is 0 Å². The zero-order valence-corrected chi connectivity index (χ0v) is 15.2. The lowest BCUT2D eigenvalue weighted by Gasteiger charge is -2.13. The summed E-state index contributed by atoms with van der Waals surface area (Å²) in [7, 11) is 4.68. The van der Waals surface area contributed by atoms with E-state index in [2.05, 4.69) is 12.2 Å². The number of nitrogens with zero attached hydrogens (tertiary/aromatic N) is 1. The molecule has 6 nitrogen and oxygen atoms in total. The summed E-state index contributed by atoms with van der Waals surface area (Å²) >= 11 is 5.25. The van der Waals surface area contributed by atoms with Gasteiger partial charge in [0.05, 0.1) is 21.3 Å². The molecule has 0 saturated carbocycles. The predicted molar refractivity (Wildman–Crippen MR) is 96.4 cm³/mol. The maximum Gasteiger partial charge on any atom is 0.276 e. The van der Waals surface area contributed by atoms with E-state index in [9.17, 15) is 4.79 Å². The van der Waals surface area contributed by atoms with Crippen molar-refractivity contribution < 1.29 is 19.0 Å². The zero-order chi connectivity index (χ0) is 17.7. The molecule has 7 heteroatoms. The summed E-state index contributed by atoms with van der Waals surface area (Å²) in [5.74, 6) is 1.56. The first kappa shape index (κ1) is 18.1. The van der Waals surface area contributed by atoms with Gasteiger partial charge in [-0.2, -0.15) is 0 Å². The molecule has 0 radical (unpaired) electrons. The normalized spacial score (nSPS) is 15.7. The van der Waals surface area contributed by atoms with Gasteiger partial charge in [-0.3, -0.25) is 9.69 Å². The molecule has 0 atom stereocenters. The molecule has 1 amide bonds. The fourth-order valence-corrected chi connectivity index (χ4v) is 2.70. The Kier molecular flexibility index (Phi) is 6.03. The van der Waals surface area contributed by atoms with E-state index in [1.54, 1.807) is 44.4 Å². The van der Waals surface area contributed by atoms with E-state index in [0.29, 0.717) is 40.2 Å². The highest BCUT2D eigenvalue weighted by molar-refractivity contribution is 7.80. The number of carbonyl (C=O) groups is 1. The number of benzene rings is 1. The number of methoxy groups -OCH3 is 3. The number of thiocarbonyl (C=S) groups is 1. The highest BCUT2D eigenvalue weighted by Crippen LogP contribution is 2.35. The fourth-order valence-electron chi connectivity index (χ4n) is 2.41. The van der Waals surface area contributed by atoms with Crippen molar-refractivity contribution in [2.45, 2.75) is 19.8 Å². The number of rotatable bonds is 7. The van der Waals surface area contributed by atoms with Gasteiger partial charge in [-0.1, -0.05) is 13.3 Å². The summed E-state index contributed by atoms with van der Waals surface area (Å²) in [5, 5.41) is 3.40. The van der Waals surface area contributed by atoms with E-state index < -0.39 is 0 Å². The van der Waals surface area contributed by atoms with Gasteiger partial charge in [-0.25, -0.2) is 0 Å². The third-order valence-electron chi connectivity index (χ3n) is 3.73. The zero-order valence-electron chi connectivity index (χ0n) is 14.3. The standard InChI is InChI=1S/C17H22N2O4S/c1-5-6-7-19-16(20)12(18-17(19)24)8-11-9-14(22-3)15(23-4)10-13(11)21-2/h8-10H,5-7H2,1-4H3,(H,18,24)/b12-8+. The Morgan fingerprint density at radius 2 is 1.75 bits per heavy atom. The lowest BCUT2D eigenvalue weighted by molar-refractivity contribution is -0.122. The third kappa shape index (κ3) is 3.62. The molecule has 1 aliphatic rings. The van der Waals surface area contributed by atoms with E-state index in [1.807, 2.05) is 0 Å². The summed E-state index contributed by atoms with van der Waals surface area (Å²) in [4.78, 5) is 14.1. The minimum Gasteiger partial charge on any atom is -0.496 e. The minimum absolute atomic E-state index is 0.134. The first-order valence-electron chi connectivity index (χ1n) is 7.70. The summed E-state index contributed by atoms with van der Waals surface area (Å²) in [6, 6.07) is 3.48. The van der Waals surface area contributed by atoms with Crippen molar-refractivity contribution in [2.24, 2.45) is 0 Å². The first-order valence-corrected chi connectivity index (χ1v) is 8.11. The number of hydrogen-bond donors (Lipinski definition) is 1. The van der Waals surface area contributed by atoms with Crippen molar-refractivity contribution in [1.82, 2.24) is 10.2 Å². The maximum atomic E-state index is 12.5. The molecule has 130 valence electrons. The Morgan fingerprint density at radius 1 is 1.12 bits per heavy atom. The van der Waals surface area contributed by atoms with Gasteiger partial charge in [0, 0.05) is 18.2 Å². The molecule has 1 aromatic carbocycles. The quantitative estimate of drug-likeness (QED) is 0.602. The van der Waals surface area contributed by atoms with E-state index in [0.717, 1.165) is 12.8 Å². The molecular formula is C17H22N2O4S. The molecule has 0 aliphatic carbocycles. The lowest BCUT2D eigenvalue weighted by Crippen LogP contribution is -2.31. The predicted octanol–water partition coefficient (Wildman–Crippen LogP) is 2.57. The first-order chi connectivity index (χ1) is 11.5. The van der Waals surface area contributed by atoms with Crippen molar-refractivity contribution in [2.75, 3.05) is 27.9 Å². The van der Waals surface area contributed by atoms with Crippen LogP contribution in [0, 0.1) is 0 Å². The van der Waals surface area contributed by atoms with Crippen LogP contribution in [0.15, 0.2) is 17.8 Å². The molecule has 1 aromatic rings. The lowest BCUT2D eigenvalue weighted by atomic mass is 10.1. The largest absolute Gasteiger partial charge is 0.496 e. The van der Waals surface area contributed by atoms with Crippen LogP contribution in [0.25, 0.3) is 6.08 Å². The van der Waals surface area contributed by atoms with Crippen LogP contribution in [0.4, 0.5) is 0 Å². The molecule has 1 saturated heterocycles. The van der Waals surface area contributed by atoms with Crippen molar-refractivity contribution in [3.8, 4) is 17.2 Å². The molecule has 2 rings (SSSR count). The van der Waals surface area contributed by atoms with E-state index in [1.165, 1.54) is 0 Å². The second-order valence-electron chi connectivity index (χ2n) is 5.25. The molecular weight excluding hydrogens is 328 g/mol. The van der Waals surface area contributed by atoms with Gasteiger partial charge in [-0.15, -0.1) is 0 Å². The number of carbonyl (C=O) groups excluding carboxylic acids is 1. The molecule has 1 aliphatic heterocycles. The van der Waals surface area contributed by atoms with Crippen LogP contribution >= 0.6 is 12.2 Å². The van der Waals surface area contributed by atoms with Gasteiger partial charge in [0.2, 0.25) is 0 Å². The van der Waals surface area contributed by atoms with Crippen molar-refractivity contribution in [3.05, 3.63) is 23.4 Å². The van der Waals surface area contributed by atoms with Gasteiger partial charge in [0.25, 0.3) is 5.91 Å². The summed E-state index contributed by atoms with van der Waals surface area (Å²) in [6.45, 7) is 2.68. The van der Waals surface area contributed by atoms with Crippen LogP contribution in [-0.4, -0.2) is 43.8 Å². The Hall–Kier alpha value is -2.28. The summed E-state index contributed by atoms with van der Waals surface area (Å²) in [6.07, 6.45) is 3.61. The molecule has 0 unspecified atom stereocenters. The van der Waals surface area contributed by atoms with Gasteiger partial charge in [0.15, 0.2) is 16.6 Å². The highest BCUT2D eigenvalue weighted by Gasteiger charge is 2.30. The van der Waals surface area contributed by atoms with E-state index in [4.69, 9.17) is 26.4 Å². The Morgan fingerprint density at radius 3 is 2.33 bits per heavy atom. The summed E-state index contributed by atoms with van der Waals surface area (Å²) in [5.41, 5.74) is 1.12. The number of hydrogen-bond acceptors (Lipinski definition) is 5. The number of ether oxygens (including phenoxy) is 3. The third-order valence-corrected chi connectivity index (χ3v) is 4.06. The molecule has 0 spiro atoms. The molecule has 1 fully saturated rings. The molecule has 1 N–H and O–H groups in total. The Balaban J connectivity index is 2.37. The minimum atomic E-state index is -0.134. The monoisotopic (exact) mass is 350 g/mol. The Labute approximate surface area is 147 Å². The van der Waals surface area contributed by atoms with Crippen LogP contribution < -0.4 is 19.5 Å². The van der Waals surface area contributed by atoms with Crippen LogP contribution in [-0.2, 0) is 4.79 Å². The Bertz CT molecular complexity index is 673. The van der Waals surface area contributed by atoms with E-state index >= 15 is 0 Å². The van der Waals surface area contributed by atoms with Gasteiger partial charge in [0.1, 0.15) is 11.4 Å². The second-order valence-corrected chi connectivity index (χ2v) is 5.63. The average Bonchev–Trinajstić information content (AvgIpc) is 2.86. The maximum absolute atomic E-state index is 12.5. The van der Waals surface area contributed by atoms with E-state index in [-0.39, 0.29) is 5.91 Å².